The third-order valence-corrected chi connectivity index (χ3v) is 4.36. The van der Waals surface area contributed by atoms with Crippen molar-refractivity contribution in [1.82, 2.24) is 10.2 Å². The quantitative estimate of drug-likeness (QED) is 0.749. The number of nitrogens with zero attached hydrogens (tertiary/aromatic N) is 1. The number of hydrogen-bond acceptors (Lipinski definition) is 4. The molecule has 0 aromatic carbocycles. The molecule has 1 N–H and O–H groups in total. The van der Waals surface area contributed by atoms with Crippen LogP contribution < -0.4 is 5.32 Å². The van der Waals surface area contributed by atoms with Gasteiger partial charge in [-0.15, -0.1) is 0 Å². The summed E-state index contributed by atoms with van der Waals surface area (Å²) in [4.78, 5) is 26.1. The molecule has 0 aromatic heterocycles. The average Bonchev–Trinajstić information content (AvgIpc) is 2.72. The maximum absolute atomic E-state index is 12.4. The summed E-state index contributed by atoms with van der Waals surface area (Å²) >= 11 is 0. The van der Waals surface area contributed by atoms with Crippen LogP contribution in [0.2, 0.25) is 0 Å². The van der Waals surface area contributed by atoms with E-state index in [4.69, 9.17) is 4.74 Å². The lowest BCUT2D eigenvalue weighted by Gasteiger charge is -2.30. The highest BCUT2D eigenvalue weighted by atomic mass is 16.5. The second-order valence-corrected chi connectivity index (χ2v) is 6.00. The zero-order valence-electron chi connectivity index (χ0n) is 12.6. The van der Waals surface area contributed by atoms with E-state index < -0.39 is 0 Å². The van der Waals surface area contributed by atoms with Gasteiger partial charge in [0.05, 0.1) is 12.5 Å². The number of amides is 2. The van der Waals surface area contributed by atoms with Gasteiger partial charge in [-0.2, -0.15) is 0 Å². The van der Waals surface area contributed by atoms with Crippen molar-refractivity contribution in [1.29, 1.82) is 0 Å². The van der Waals surface area contributed by atoms with Crippen LogP contribution in [0.4, 0.5) is 0 Å². The molecule has 1 aliphatic heterocycles. The summed E-state index contributed by atoms with van der Waals surface area (Å²) in [5.41, 5.74) is 0. The summed E-state index contributed by atoms with van der Waals surface area (Å²) in [7, 11) is 1.67. The van der Waals surface area contributed by atoms with Crippen LogP contribution in [-0.2, 0) is 14.3 Å². The first-order chi connectivity index (χ1) is 9.63. The molecule has 5 nitrogen and oxygen atoms in total. The van der Waals surface area contributed by atoms with Crippen LogP contribution >= 0.6 is 0 Å². The van der Waals surface area contributed by atoms with Gasteiger partial charge in [0.15, 0.2) is 0 Å². The van der Waals surface area contributed by atoms with E-state index in [9.17, 15) is 9.59 Å². The molecule has 114 valence electrons. The molecule has 5 heteroatoms. The Hall–Kier alpha value is -0.940. The molecule has 0 bridgehead atoms. The molecule has 0 radical (unpaired) electrons. The number of methoxy groups -OCH3 is 1. The molecule has 2 aliphatic rings. The molecular weight excluding hydrogens is 256 g/mol. The minimum atomic E-state index is -0.337. The van der Waals surface area contributed by atoms with Crippen molar-refractivity contribution in [2.45, 2.75) is 70.0 Å². The molecule has 20 heavy (non-hydrogen) atoms. The van der Waals surface area contributed by atoms with Crippen LogP contribution in [0, 0.1) is 0 Å². The zero-order chi connectivity index (χ0) is 14.5. The molecule has 1 saturated heterocycles. The van der Waals surface area contributed by atoms with Crippen molar-refractivity contribution >= 4 is 11.8 Å². The molecule has 2 amide bonds. The number of rotatable bonds is 6. The van der Waals surface area contributed by atoms with Crippen molar-refractivity contribution in [3.05, 3.63) is 0 Å². The minimum Gasteiger partial charge on any atom is -0.385 e. The van der Waals surface area contributed by atoms with E-state index in [-0.39, 0.29) is 29.9 Å². The van der Waals surface area contributed by atoms with Crippen LogP contribution in [0.3, 0.4) is 0 Å². The van der Waals surface area contributed by atoms with Crippen LogP contribution in [0.1, 0.15) is 51.9 Å². The molecule has 2 atom stereocenters. The second kappa shape index (κ2) is 7.18. The Morgan fingerprint density at radius 3 is 2.65 bits per heavy atom. The van der Waals surface area contributed by atoms with Crippen molar-refractivity contribution in [2.24, 2.45) is 0 Å². The Bertz CT molecular complexity index is 353. The number of hydrogen-bond donors (Lipinski definition) is 1. The van der Waals surface area contributed by atoms with Gasteiger partial charge < -0.3 is 10.1 Å². The highest BCUT2D eigenvalue weighted by Gasteiger charge is 2.42. The first kappa shape index (κ1) is 15.4. The Morgan fingerprint density at radius 1 is 1.30 bits per heavy atom. The molecule has 1 aliphatic carbocycles. The fraction of sp³-hybridized carbons (Fsp3) is 0.867. The Morgan fingerprint density at radius 2 is 2.00 bits per heavy atom. The predicted octanol–water partition coefficient (Wildman–Crippen LogP) is 1.46. The fourth-order valence-electron chi connectivity index (χ4n) is 3.23. The van der Waals surface area contributed by atoms with Crippen LogP contribution in [-0.4, -0.2) is 48.6 Å². The number of carbonyl (C=O) groups excluding carboxylic acids is 2. The van der Waals surface area contributed by atoms with Crippen LogP contribution in [0.15, 0.2) is 0 Å². The summed E-state index contributed by atoms with van der Waals surface area (Å²) in [5, 5.41) is 3.27. The highest BCUT2D eigenvalue weighted by Crippen LogP contribution is 2.27. The Labute approximate surface area is 121 Å². The van der Waals surface area contributed by atoms with Crippen LogP contribution in [0.25, 0.3) is 0 Å². The lowest BCUT2D eigenvalue weighted by molar-refractivity contribution is -0.142. The Kier molecular flexibility index (Phi) is 5.54. The van der Waals surface area contributed by atoms with Gasteiger partial charge in [-0.25, -0.2) is 0 Å². The number of nitrogens with one attached hydrogen (secondary N) is 1. The van der Waals surface area contributed by atoms with Gasteiger partial charge in [0, 0.05) is 25.8 Å². The van der Waals surface area contributed by atoms with Crippen LogP contribution in [0.5, 0.6) is 0 Å². The van der Waals surface area contributed by atoms with Gasteiger partial charge in [-0.1, -0.05) is 19.3 Å². The standard InChI is InChI=1S/C15H26N2O3/c1-11(8-9-20-2)16-13-10-14(18)17(15(13)19)12-6-4-3-5-7-12/h11-13,16H,3-10H2,1-2H3. The summed E-state index contributed by atoms with van der Waals surface area (Å²) in [5.74, 6) is -0.0236. The van der Waals surface area contributed by atoms with E-state index in [1.165, 1.54) is 6.42 Å². The molecule has 0 aromatic rings. The largest absolute Gasteiger partial charge is 0.385 e. The molecule has 1 heterocycles. The first-order valence-corrected chi connectivity index (χ1v) is 7.74. The van der Waals surface area contributed by atoms with Gasteiger partial charge >= 0.3 is 0 Å². The van der Waals surface area contributed by atoms with Crippen molar-refractivity contribution in [3.8, 4) is 0 Å². The zero-order valence-corrected chi connectivity index (χ0v) is 12.6. The lowest BCUT2D eigenvalue weighted by Crippen LogP contribution is -2.46. The number of ether oxygens (including phenoxy) is 1. The number of likely N-dealkylation sites (tertiary alicyclic amines) is 1. The topological polar surface area (TPSA) is 58.6 Å². The lowest BCUT2D eigenvalue weighted by atomic mass is 9.94. The Balaban J connectivity index is 1.90. The van der Waals surface area contributed by atoms with Crippen molar-refractivity contribution in [2.75, 3.05) is 13.7 Å². The molecule has 2 rings (SSSR count). The summed E-state index contributed by atoms with van der Waals surface area (Å²) in [6.45, 7) is 2.69. The van der Waals surface area contributed by atoms with Crippen molar-refractivity contribution in [3.63, 3.8) is 0 Å². The monoisotopic (exact) mass is 282 g/mol. The second-order valence-electron chi connectivity index (χ2n) is 6.00. The van der Waals surface area contributed by atoms with Gasteiger partial charge in [0.2, 0.25) is 11.8 Å². The number of carbonyl (C=O) groups is 2. The van der Waals surface area contributed by atoms with Gasteiger partial charge in [-0.05, 0) is 26.2 Å². The predicted molar refractivity (Wildman–Crippen MR) is 76.2 cm³/mol. The fourth-order valence-corrected chi connectivity index (χ4v) is 3.23. The van der Waals surface area contributed by atoms with Crippen molar-refractivity contribution < 1.29 is 14.3 Å². The van der Waals surface area contributed by atoms with Gasteiger partial charge in [0.25, 0.3) is 0 Å². The maximum atomic E-state index is 12.4. The molecule has 0 spiro atoms. The average molecular weight is 282 g/mol. The summed E-state index contributed by atoms with van der Waals surface area (Å²) < 4.78 is 5.04. The van der Waals surface area contributed by atoms with E-state index in [1.54, 1.807) is 12.0 Å². The normalized spacial score (nSPS) is 26.3. The van der Waals surface area contributed by atoms with E-state index in [0.29, 0.717) is 13.0 Å². The first-order valence-electron chi connectivity index (χ1n) is 7.74. The molecule has 2 unspecified atom stereocenters. The smallest absolute Gasteiger partial charge is 0.247 e. The molecule has 1 saturated carbocycles. The molecular formula is C15H26N2O3. The number of imide groups is 1. The van der Waals surface area contributed by atoms with E-state index in [0.717, 1.165) is 32.1 Å². The van der Waals surface area contributed by atoms with E-state index in [1.807, 2.05) is 6.92 Å². The highest BCUT2D eigenvalue weighted by molar-refractivity contribution is 6.05. The summed E-state index contributed by atoms with van der Waals surface area (Å²) in [6, 6.07) is -0.0101. The van der Waals surface area contributed by atoms with Gasteiger partial charge in [0.1, 0.15) is 0 Å². The van der Waals surface area contributed by atoms with E-state index in [2.05, 4.69) is 5.32 Å². The van der Waals surface area contributed by atoms with E-state index >= 15 is 0 Å². The summed E-state index contributed by atoms with van der Waals surface area (Å²) in [6.07, 6.45) is 6.59. The van der Waals surface area contributed by atoms with Gasteiger partial charge in [-0.3, -0.25) is 14.5 Å². The third-order valence-electron chi connectivity index (χ3n) is 4.36. The third kappa shape index (κ3) is 3.58. The maximum Gasteiger partial charge on any atom is 0.247 e. The molecule has 2 fully saturated rings. The SMILES string of the molecule is COCCC(C)NC1CC(=O)N(C2CCCCC2)C1=O. The minimum absolute atomic E-state index is 0.00154.